The molecule has 0 heterocycles. The summed E-state index contributed by atoms with van der Waals surface area (Å²) in [5.74, 6) is 0. The Morgan fingerprint density at radius 2 is 1.36 bits per heavy atom. The molecule has 1 aliphatic rings. The SMILES string of the molecule is CN(c1c(C(F)(F)F)c[c]cc1C(F)(F)F)C1CCCCC1. The Bertz CT molecular complexity index is 481. The minimum atomic E-state index is -4.85. The van der Waals surface area contributed by atoms with Crippen LogP contribution in [0.3, 0.4) is 0 Å². The van der Waals surface area contributed by atoms with Crippen molar-refractivity contribution in [1.82, 2.24) is 0 Å². The normalized spacial score (nSPS) is 17.6. The fourth-order valence-corrected chi connectivity index (χ4v) is 2.95. The van der Waals surface area contributed by atoms with E-state index >= 15 is 0 Å². The molecule has 22 heavy (non-hydrogen) atoms. The second-order valence-corrected chi connectivity index (χ2v) is 5.53. The van der Waals surface area contributed by atoms with Gasteiger partial charge >= 0.3 is 12.4 Å². The van der Waals surface area contributed by atoms with Crippen LogP contribution >= 0.6 is 0 Å². The van der Waals surface area contributed by atoms with Gasteiger partial charge in [0.15, 0.2) is 0 Å². The zero-order chi connectivity index (χ0) is 16.5. The van der Waals surface area contributed by atoms with Crippen LogP contribution in [0.25, 0.3) is 0 Å². The summed E-state index contributed by atoms with van der Waals surface area (Å²) in [5, 5.41) is 0. The van der Waals surface area contributed by atoms with Gasteiger partial charge in [-0.05, 0) is 31.0 Å². The van der Waals surface area contributed by atoms with Gasteiger partial charge in [-0.1, -0.05) is 19.3 Å². The van der Waals surface area contributed by atoms with E-state index in [-0.39, 0.29) is 6.04 Å². The molecule has 0 saturated heterocycles. The van der Waals surface area contributed by atoms with Gasteiger partial charge in [0.05, 0.1) is 16.8 Å². The largest absolute Gasteiger partial charge is 0.418 e. The Kier molecular flexibility index (Phi) is 4.63. The quantitative estimate of drug-likeness (QED) is 0.668. The summed E-state index contributed by atoms with van der Waals surface area (Å²) in [7, 11) is 1.32. The van der Waals surface area contributed by atoms with Gasteiger partial charge < -0.3 is 4.90 Å². The topological polar surface area (TPSA) is 3.24 Å². The maximum Gasteiger partial charge on any atom is 0.418 e. The van der Waals surface area contributed by atoms with Crippen molar-refractivity contribution >= 4 is 5.69 Å². The molecule has 0 atom stereocenters. The minimum absolute atomic E-state index is 0.307. The maximum atomic E-state index is 13.1. The van der Waals surface area contributed by atoms with Crippen LogP contribution in [-0.2, 0) is 12.4 Å². The standard InChI is InChI=1S/C15H16F6N/c1-22(10-6-3-2-4-7-10)13-11(14(16,17)18)8-5-9-12(13)15(19,20)21/h8-10H,2-4,6-7H2,1H3. The van der Waals surface area contributed by atoms with Crippen LogP contribution in [0.1, 0.15) is 43.2 Å². The summed E-state index contributed by atoms with van der Waals surface area (Å²) < 4.78 is 78.8. The molecule has 1 radical (unpaired) electrons. The van der Waals surface area contributed by atoms with Crippen molar-refractivity contribution < 1.29 is 26.3 Å². The third-order valence-corrected chi connectivity index (χ3v) is 4.05. The monoisotopic (exact) mass is 324 g/mol. The van der Waals surface area contributed by atoms with Crippen LogP contribution in [0.4, 0.5) is 32.0 Å². The number of rotatable bonds is 2. The lowest BCUT2D eigenvalue weighted by Gasteiger charge is -2.36. The van der Waals surface area contributed by atoms with Gasteiger partial charge in [-0.25, -0.2) is 0 Å². The second kappa shape index (κ2) is 6.01. The summed E-state index contributed by atoms with van der Waals surface area (Å²) in [4.78, 5) is 1.15. The highest BCUT2D eigenvalue weighted by Gasteiger charge is 2.42. The molecule has 2 rings (SSSR count). The molecule has 1 aromatic rings. The molecule has 1 fully saturated rings. The third-order valence-electron chi connectivity index (χ3n) is 4.05. The number of hydrogen-bond donors (Lipinski definition) is 0. The summed E-state index contributed by atoms with van der Waals surface area (Å²) in [5.41, 5.74) is -3.35. The highest BCUT2D eigenvalue weighted by Crippen LogP contribution is 2.45. The molecule has 7 heteroatoms. The summed E-state index contributed by atoms with van der Waals surface area (Å²) in [6.07, 6.45) is -5.90. The Balaban J connectivity index is 2.54. The van der Waals surface area contributed by atoms with Crippen LogP contribution in [0, 0.1) is 6.07 Å². The van der Waals surface area contributed by atoms with Gasteiger partial charge in [-0.15, -0.1) is 0 Å². The van der Waals surface area contributed by atoms with Crippen molar-refractivity contribution in [2.24, 2.45) is 0 Å². The summed E-state index contributed by atoms with van der Waals surface area (Å²) >= 11 is 0. The van der Waals surface area contributed by atoms with Crippen LogP contribution in [0.5, 0.6) is 0 Å². The Morgan fingerprint density at radius 1 is 0.909 bits per heavy atom. The molecular formula is C15H16F6N. The van der Waals surface area contributed by atoms with Gasteiger partial charge in [-0.2, -0.15) is 26.3 Å². The Morgan fingerprint density at radius 3 is 1.77 bits per heavy atom. The van der Waals surface area contributed by atoms with Gasteiger partial charge in [0.2, 0.25) is 0 Å². The van der Waals surface area contributed by atoms with Crippen molar-refractivity contribution in [3.05, 3.63) is 29.3 Å². The second-order valence-electron chi connectivity index (χ2n) is 5.53. The number of alkyl halides is 6. The van der Waals surface area contributed by atoms with E-state index in [2.05, 4.69) is 0 Å². The van der Waals surface area contributed by atoms with E-state index in [1.807, 2.05) is 6.07 Å². The van der Waals surface area contributed by atoms with Gasteiger partial charge in [0, 0.05) is 13.1 Å². The van der Waals surface area contributed by atoms with Crippen LogP contribution in [0.15, 0.2) is 12.1 Å². The molecule has 0 aromatic heterocycles. The molecule has 0 bridgehead atoms. The smallest absolute Gasteiger partial charge is 0.371 e. The number of benzene rings is 1. The van der Waals surface area contributed by atoms with E-state index in [0.29, 0.717) is 25.0 Å². The molecule has 0 amide bonds. The van der Waals surface area contributed by atoms with Gasteiger partial charge in [0.25, 0.3) is 0 Å². The fourth-order valence-electron chi connectivity index (χ4n) is 2.95. The zero-order valence-electron chi connectivity index (χ0n) is 12.0. The number of anilines is 1. The zero-order valence-corrected chi connectivity index (χ0v) is 12.0. The van der Waals surface area contributed by atoms with Crippen LogP contribution in [0.2, 0.25) is 0 Å². The molecule has 0 unspecified atom stereocenters. The van der Waals surface area contributed by atoms with Gasteiger partial charge in [-0.3, -0.25) is 0 Å². The van der Waals surface area contributed by atoms with Crippen LogP contribution < -0.4 is 4.90 Å². The minimum Gasteiger partial charge on any atom is -0.371 e. The van der Waals surface area contributed by atoms with Crippen molar-refractivity contribution in [3.8, 4) is 0 Å². The lowest BCUT2D eigenvalue weighted by Crippen LogP contribution is -2.36. The van der Waals surface area contributed by atoms with Crippen molar-refractivity contribution in [2.75, 3.05) is 11.9 Å². The molecule has 1 saturated carbocycles. The van der Waals surface area contributed by atoms with Crippen LogP contribution in [-0.4, -0.2) is 13.1 Å². The molecule has 1 nitrogen and oxygen atoms in total. The predicted octanol–water partition coefficient (Wildman–Crippen LogP) is 5.29. The van der Waals surface area contributed by atoms with E-state index in [0.717, 1.165) is 24.2 Å². The summed E-state index contributed by atoms with van der Waals surface area (Å²) in [6.45, 7) is 0. The first kappa shape index (κ1) is 17.0. The number of halogens is 6. The summed E-state index contributed by atoms with van der Waals surface area (Å²) in [6, 6.07) is 2.84. The van der Waals surface area contributed by atoms with E-state index < -0.39 is 29.2 Å². The first-order valence-corrected chi connectivity index (χ1v) is 7.03. The van der Waals surface area contributed by atoms with E-state index in [1.165, 1.54) is 7.05 Å². The van der Waals surface area contributed by atoms with Crippen molar-refractivity contribution in [3.63, 3.8) is 0 Å². The maximum absolute atomic E-state index is 13.1. The highest BCUT2D eigenvalue weighted by molar-refractivity contribution is 5.62. The molecule has 0 aliphatic heterocycles. The average Bonchev–Trinajstić information content (AvgIpc) is 2.45. The fraction of sp³-hybridized carbons (Fsp3) is 0.600. The Labute approximate surface area is 124 Å². The molecule has 123 valence electrons. The molecule has 1 aliphatic carbocycles. The third kappa shape index (κ3) is 3.50. The predicted molar refractivity (Wildman–Crippen MR) is 70.6 cm³/mol. The molecule has 1 aromatic carbocycles. The lowest BCUT2D eigenvalue weighted by atomic mass is 9.93. The first-order chi connectivity index (χ1) is 10.1. The average molecular weight is 324 g/mol. The van der Waals surface area contributed by atoms with E-state index in [4.69, 9.17) is 0 Å². The highest BCUT2D eigenvalue weighted by atomic mass is 19.4. The van der Waals surface area contributed by atoms with Crippen molar-refractivity contribution in [1.29, 1.82) is 0 Å². The first-order valence-electron chi connectivity index (χ1n) is 7.03. The molecule has 0 N–H and O–H groups in total. The van der Waals surface area contributed by atoms with Crippen molar-refractivity contribution in [2.45, 2.75) is 50.5 Å². The van der Waals surface area contributed by atoms with Gasteiger partial charge in [0.1, 0.15) is 0 Å². The molecular weight excluding hydrogens is 308 g/mol. The Hall–Kier alpha value is -1.40. The molecule has 0 spiro atoms. The number of nitrogens with zero attached hydrogens (tertiary/aromatic N) is 1. The van der Waals surface area contributed by atoms with E-state index in [1.54, 1.807) is 0 Å². The lowest BCUT2D eigenvalue weighted by molar-refractivity contribution is -0.142. The van der Waals surface area contributed by atoms with E-state index in [9.17, 15) is 26.3 Å². The number of hydrogen-bond acceptors (Lipinski definition) is 1.